The van der Waals surface area contributed by atoms with Crippen LogP contribution >= 0.6 is 11.6 Å². The van der Waals surface area contributed by atoms with Gasteiger partial charge in [-0.25, -0.2) is 9.97 Å². The number of nitrogens with zero attached hydrogens (tertiary/aromatic N) is 2. The average Bonchev–Trinajstić information content (AvgIpc) is 3.11. The summed E-state index contributed by atoms with van der Waals surface area (Å²) in [4.78, 5) is 8.90. The van der Waals surface area contributed by atoms with E-state index in [9.17, 15) is 0 Å². The smallest absolute Gasteiger partial charge is 0.231 e. The standard InChI is InChI=1S/C20H19ClN4O2/c1-13-23-19(22-9-8-14-2-4-15(21)5-3-14)11-20(24-13)25-16-6-7-17-18(10-16)27-12-26-17/h2-7,10-11H,8-9,12H2,1H3,(H2,22,23,24,25). The highest BCUT2D eigenvalue weighted by Crippen LogP contribution is 2.35. The highest BCUT2D eigenvalue weighted by molar-refractivity contribution is 6.30. The van der Waals surface area contributed by atoms with Crippen LogP contribution in [0.25, 0.3) is 0 Å². The second kappa shape index (κ2) is 7.72. The molecule has 7 heteroatoms. The lowest BCUT2D eigenvalue weighted by Gasteiger charge is -2.11. The molecule has 27 heavy (non-hydrogen) atoms. The topological polar surface area (TPSA) is 68.3 Å². The molecule has 0 saturated heterocycles. The Morgan fingerprint density at radius 1 is 0.963 bits per heavy atom. The van der Waals surface area contributed by atoms with Crippen molar-refractivity contribution in [2.75, 3.05) is 24.0 Å². The Morgan fingerprint density at radius 2 is 1.74 bits per heavy atom. The Hall–Kier alpha value is -2.99. The number of benzene rings is 2. The van der Waals surface area contributed by atoms with Gasteiger partial charge in [0.25, 0.3) is 0 Å². The van der Waals surface area contributed by atoms with Crippen LogP contribution in [0.3, 0.4) is 0 Å². The van der Waals surface area contributed by atoms with E-state index >= 15 is 0 Å². The van der Waals surface area contributed by atoms with Gasteiger partial charge in [-0.15, -0.1) is 0 Å². The number of aromatic nitrogens is 2. The summed E-state index contributed by atoms with van der Waals surface area (Å²) < 4.78 is 10.7. The minimum Gasteiger partial charge on any atom is -0.454 e. The highest BCUT2D eigenvalue weighted by atomic mass is 35.5. The molecule has 0 bridgehead atoms. The van der Waals surface area contributed by atoms with Crippen molar-refractivity contribution in [1.82, 2.24) is 9.97 Å². The number of aryl methyl sites for hydroxylation is 1. The molecular weight excluding hydrogens is 364 g/mol. The lowest BCUT2D eigenvalue weighted by molar-refractivity contribution is 0.174. The number of hydrogen-bond acceptors (Lipinski definition) is 6. The van der Waals surface area contributed by atoms with Crippen LogP contribution in [0.15, 0.2) is 48.5 Å². The zero-order chi connectivity index (χ0) is 18.6. The van der Waals surface area contributed by atoms with Gasteiger partial charge in [0.1, 0.15) is 17.5 Å². The molecule has 0 aliphatic carbocycles. The highest BCUT2D eigenvalue weighted by Gasteiger charge is 2.13. The van der Waals surface area contributed by atoms with E-state index in [0.29, 0.717) is 5.82 Å². The van der Waals surface area contributed by atoms with Crippen LogP contribution in [0.5, 0.6) is 11.5 Å². The van der Waals surface area contributed by atoms with E-state index in [2.05, 4.69) is 20.6 Å². The number of fused-ring (bicyclic) bond motifs is 1. The molecule has 0 fully saturated rings. The predicted octanol–water partition coefficient (Wildman–Crippen LogP) is 4.57. The summed E-state index contributed by atoms with van der Waals surface area (Å²) >= 11 is 5.92. The van der Waals surface area contributed by atoms with Crippen LogP contribution in [0, 0.1) is 6.92 Å². The first-order valence-corrected chi connectivity index (χ1v) is 9.04. The number of halogens is 1. The SMILES string of the molecule is Cc1nc(NCCc2ccc(Cl)cc2)cc(Nc2ccc3c(c2)OCO3)n1. The summed E-state index contributed by atoms with van der Waals surface area (Å²) in [6.07, 6.45) is 0.880. The summed E-state index contributed by atoms with van der Waals surface area (Å²) in [5, 5.41) is 7.38. The Bertz CT molecular complexity index is 947. The van der Waals surface area contributed by atoms with Crippen LogP contribution in [0.2, 0.25) is 5.02 Å². The monoisotopic (exact) mass is 382 g/mol. The largest absolute Gasteiger partial charge is 0.454 e. The molecule has 4 rings (SSSR count). The normalized spacial score (nSPS) is 12.1. The lowest BCUT2D eigenvalue weighted by atomic mass is 10.1. The number of anilines is 3. The van der Waals surface area contributed by atoms with Crippen molar-refractivity contribution < 1.29 is 9.47 Å². The van der Waals surface area contributed by atoms with Crippen LogP contribution in [-0.4, -0.2) is 23.3 Å². The number of rotatable bonds is 6. The van der Waals surface area contributed by atoms with Crippen molar-refractivity contribution >= 4 is 28.9 Å². The zero-order valence-corrected chi connectivity index (χ0v) is 15.6. The summed E-state index contributed by atoms with van der Waals surface area (Å²) in [5.74, 6) is 3.67. The lowest BCUT2D eigenvalue weighted by Crippen LogP contribution is -2.08. The molecule has 2 aromatic carbocycles. The van der Waals surface area contributed by atoms with Gasteiger partial charge < -0.3 is 20.1 Å². The van der Waals surface area contributed by atoms with E-state index < -0.39 is 0 Å². The maximum atomic E-state index is 5.92. The van der Waals surface area contributed by atoms with Crippen LogP contribution in [0.1, 0.15) is 11.4 Å². The number of nitrogens with one attached hydrogen (secondary N) is 2. The second-order valence-corrected chi connectivity index (χ2v) is 6.62. The molecule has 2 heterocycles. The second-order valence-electron chi connectivity index (χ2n) is 6.18. The summed E-state index contributed by atoms with van der Waals surface area (Å²) in [7, 11) is 0. The van der Waals surface area contributed by atoms with Gasteiger partial charge in [0, 0.05) is 29.4 Å². The Kier molecular flexibility index (Phi) is 4.98. The molecule has 0 radical (unpaired) electrons. The maximum absolute atomic E-state index is 5.92. The fourth-order valence-corrected chi connectivity index (χ4v) is 2.96. The van der Waals surface area contributed by atoms with Crippen molar-refractivity contribution in [3.63, 3.8) is 0 Å². The van der Waals surface area contributed by atoms with E-state index in [0.717, 1.165) is 46.8 Å². The van der Waals surface area contributed by atoms with Crippen LogP contribution < -0.4 is 20.1 Å². The first-order valence-electron chi connectivity index (χ1n) is 8.66. The summed E-state index contributed by atoms with van der Waals surface area (Å²) in [6.45, 7) is 2.89. The maximum Gasteiger partial charge on any atom is 0.231 e. The van der Waals surface area contributed by atoms with Gasteiger partial charge in [-0.3, -0.25) is 0 Å². The van der Waals surface area contributed by atoms with Crippen LogP contribution in [-0.2, 0) is 6.42 Å². The molecule has 1 aliphatic heterocycles. The Balaban J connectivity index is 1.41. The van der Waals surface area contributed by atoms with E-state index in [1.54, 1.807) is 0 Å². The molecule has 0 unspecified atom stereocenters. The van der Waals surface area contributed by atoms with E-state index in [-0.39, 0.29) is 6.79 Å². The molecule has 3 aromatic rings. The van der Waals surface area contributed by atoms with Gasteiger partial charge in [-0.05, 0) is 43.2 Å². The number of hydrogen-bond donors (Lipinski definition) is 2. The van der Waals surface area contributed by atoms with Crippen molar-refractivity contribution in [2.24, 2.45) is 0 Å². The molecule has 0 amide bonds. The number of ether oxygens (including phenoxy) is 2. The first-order chi connectivity index (χ1) is 13.2. The third kappa shape index (κ3) is 4.41. The molecular formula is C20H19ClN4O2. The van der Waals surface area contributed by atoms with Crippen molar-refractivity contribution in [2.45, 2.75) is 13.3 Å². The fourth-order valence-electron chi connectivity index (χ4n) is 2.83. The van der Waals surface area contributed by atoms with Gasteiger partial charge in [0.2, 0.25) is 6.79 Å². The quantitative estimate of drug-likeness (QED) is 0.651. The molecule has 1 aromatic heterocycles. The zero-order valence-electron chi connectivity index (χ0n) is 14.8. The van der Waals surface area contributed by atoms with Gasteiger partial charge in [0.15, 0.2) is 11.5 Å². The van der Waals surface area contributed by atoms with E-state index in [1.165, 1.54) is 5.56 Å². The average molecular weight is 383 g/mol. The van der Waals surface area contributed by atoms with E-state index in [4.69, 9.17) is 21.1 Å². The van der Waals surface area contributed by atoms with Gasteiger partial charge in [0.05, 0.1) is 0 Å². The molecule has 138 valence electrons. The third-order valence-corrected chi connectivity index (χ3v) is 4.37. The Morgan fingerprint density at radius 3 is 2.59 bits per heavy atom. The molecule has 1 aliphatic rings. The van der Waals surface area contributed by atoms with E-state index in [1.807, 2.05) is 55.5 Å². The minimum atomic E-state index is 0.257. The molecule has 0 atom stereocenters. The predicted molar refractivity (Wildman–Crippen MR) is 106 cm³/mol. The Labute approximate surface area is 162 Å². The van der Waals surface area contributed by atoms with Crippen LogP contribution in [0.4, 0.5) is 17.3 Å². The fraction of sp³-hybridized carbons (Fsp3) is 0.200. The molecule has 0 saturated carbocycles. The third-order valence-electron chi connectivity index (χ3n) is 4.12. The molecule has 6 nitrogen and oxygen atoms in total. The van der Waals surface area contributed by atoms with Gasteiger partial charge in [-0.1, -0.05) is 23.7 Å². The van der Waals surface area contributed by atoms with Crippen molar-refractivity contribution in [1.29, 1.82) is 0 Å². The molecule has 2 N–H and O–H groups in total. The van der Waals surface area contributed by atoms with Gasteiger partial charge in [-0.2, -0.15) is 0 Å². The molecule has 0 spiro atoms. The summed E-state index contributed by atoms with van der Waals surface area (Å²) in [6, 6.07) is 15.5. The van der Waals surface area contributed by atoms with Crippen molar-refractivity contribution in [3.05, 3.63) is 64.9 Å². The summed E-state index contributed by atoms with van der Waals surface area (Å²) in [5.41, 5.74) is 2.10. The first kappa shape index (κ1) is 17.4. The van der Waals surface area contributed by atoms with Crippen molar-refractivity contribution in [3.8, 4) is 11.5 Å². The minimum absolute atomic E-state index is 0.257. The van der Waals surface area contributed by atoms with Gasteiger partial charge >= 0.3 is 0 Å².